The minimum Gasteiger partial charge on any atom is -0.461 e. The van der Waals surface area contributed by atoms with E-state index in [9.17, 15) is 18.4 Å². The van der Waals surface area contributed by atoms with E-state index in [1.165, 1.54) is 6.92 Å². The Bertz CT molecular complexity index is 457. The van der Waals surface area contributed by atoms with E-state index in [-0.39, 0.29) is 6.61 Å². The Hall–Kier alpha value is -1.92. The number of pyridine rings is 1. The lowest BCUT2D eigenvalue weighted by atomic mass is 10.1. The van der Waals surface area contributed by atoms with Crippen molar-refractivity contribution in [2.45, 2.75) is 13.3 Å². The van der Waals surface area contributed by atoms with Crippen LogP contribution in [0.15, 0.2) is 10.9 Å². The van der Waals surface area contributed by atoms with E-state index < -0.39 is 34.9 Å². The van der Waals surface area contributed by atoms with Crippen LogP contribution >= 0.6 is 0 Å². The predicted molar refractivity (Wildman–Crippen MR) is 52.4 cm³/mol. The molecule has 0 aliphatic carbocycles. The largest absolute Gasteiger partial charge is 0.461 e. The van der Waals surface area contributed by atoms with Gasteiger partial charge in [0, 0.05) is 11.8 Å². The number of carbonyl (C=O) groups excluding carboxylic acids is 1. The van der Waals surface area contributed by atoms with Gasteiger partial charge in [-0.15, -0.1) is 0 Å². The number of halogens is 2. The van der Waals surface area contributed by atoms with E-state index in [1.54, 1.807) is 0 Å². The van der Waals surface area contributed by atoms with Gasteiger partial charge in [0.1, 0.15) is 5.69 Å². The minimum absolute atomic E-state index is 0.0122. The maximum absolute atomic E-state index is 12.6. The summed E-state index contributed by atoms with van der Waals surface area (Å²) in [6.07, 6.45) is -2.96. The molecule has 0 saturated carbocycles. The number of anilines is 1. The molecule has 1 aromatic heterocycles. The highest BCUT2D eigenvalue weighted by atomic mass is 19.3. The molecule has 7 heteroatoms. The molecule has 5 nitrogen and oxygen atoms in total. The van der Waals surface area contributed by atoms with Gasteiger partial charge in [0.05, 0.1) is 12.2 Å². The van der Waals surface area contributed by atoms with E-state index in [0.717, 1.165) is 6.07 Å². The summed E-state index contributed by atoms with van der Waals surface area (Å²) in [5.41, 5.74) is 2.78. The molecule has 16 heavy (non-hydrogen) atoms. The monoisotopic (exact) mass is 232 g/mol. The molecular weight excluding hydrogens is 222 g/mol. The molecule has 0 bridgehead atoms. The predicted octanol–water partition coefficient (Wildman–Crippen LogP) is 1.07. The van der Waals surface area contributed by atoms with Crippen LogP contribution in [0, 0.1) is 0 Å². The van der Waals surface area contributed by atoms with Crippen LogP contribution in [0.25, 0.3) is 0 Å². The highest BCUT2D eigenvalue weighted by Gasteiger charge is 2.23. The molecule has 0 aliphatic heterocycles. The summed E-state index contributed by atoms with van der Waals surface area (Å²) in [7, 11) is 0. The van der Waals surface area contributed by atoms with Crippen molar-refractivity contribution in [3.05, 3.63) is 27.7 Å². The zero-order valence-electron chi connectivity index (χ0n) is 8.42. The molecular formula is C9H10F2N2O3. The van der Waals surface area contributed by atoms with Gasteiger partial charge in [-0.2, -0.15) is 0 Å². The standard InChI is InChI=1S/C9H10F2N2O3/c1-2-16-9(15)7-6(8(10)11)4(12)3-5(14)13-7/h3,8H,2H2,1H3,(H3,12,13,14). The first-order chi connectivity index (χ1) is 7.47. The third-order valence-corrected chi connectivity index (χ3v) is 1.81. The third-order valence-electron chi connectivity index (χ3n) is 1.81. The summed E-state index contributed by atoms with van der Waals surface area (Å²) in [4.78, 5) is 24.3. The van der Waals surface area contributed by atoms with Gasteiger partial charge >= 0.3 is 5.97 Å². The molecule has 0 fully saturated rings. The highest BCUT2D eigenvalue weighted by molar-refractivity contribution is 5.90. The van der Waals surface area contributed by atoms with E-state index in [0.29, 0.717) is 0 Å². The normalized spacial score (nSPS) is 10.5. The van der Waals surface area contributed by atoms with Gasteiger partial charge in [-0.05, 0) is 6.92 Å². The van der Waals surface area contributed by atoms with Crippen LogP contribution < -0.4 is 11.3 Å². The fourth-order valence-corrected chi connectivity index (χ4v) is 1.19. The van der Waals surface area contributed by atoms with Crippen molar-refractivity contribution in [1.82, 2.24) is 4.98 Å². The Balaban J connectivity index is 3.35. The SMILES string of the molecule is CCOC(=O)c1[nH]c(=O)cc(N)c1C(F)F. The highest BCUT2D eigenvalue weighted by Crippen LogP contribution is 2.26. The number of nitrogen functional groups attached to an aromatic ring is 1. The molecule has 0 aliphatic rings. The van der Waals surface area contributed by atoms with Crippen LogP contribution in [-0.4, -0.2) is 17.6 Å². The Kier molecular flexibility index (Phi) is 3.60. The van der Waals surface area contributed by atoms with Crippen molar-refractivity contribution in [3.8, 4) is 0 Å². The van der Waals surface area contributed by atoms with Gasteiger partial charge in [0.15, 0.2) is 0 Å². The number of rotatable bonds is 3. The first-order valence-electron chi connectivity index (χ1n) is 4.45. The number of carbonyl (C=O) groups is 1. The van der Waals surface area contributed by atoms with Crippen molar-refractivity contribution in [2.75, 3.05) is 12.3 Å². The quantitative estimate of drug-likeness (QED) is 0.763. The van der Waals surface area contributed by atoms with Crippen molar-refractivity contribution < 1.29 is 18.3 Å². The Morgan fingerprint density at radius 1 is 1.62 bits per heavy atom. The summed E-state index contributed by atoms with van der Waals surface area (Å²) < 4.78 is 29.8. The molecule has 0 spiro atoms. The van der Waals surface area contributed by atoms with Crippen molar-refractivity contribution >= 4 is 11.7 Å². The van der Waals surface area contributed by atoms with Gasteiger partial charge in [0.25, 0.3) is 12.0 Å². The molecule has 0 unspecified atom stereocenters. The maximum atomic E-state index is 12.6. The number of alkyl halides is 2. The number of hydrogen-bond donors (Lipinski definition) is 2. The molecule has 1 heterocycles. The number of H-pyrrole nitrogens is 1. The zero-order valence-corrected chi connectivity index (χ0v) is 8.42. The molecule has 88 valence electrons. The lowest BCUT2D eigenvalue weighted by Gasteiger charge is -2.09. The molecule has 0 saturated heterocycles. The summed E-state index contributed by atoms with van der Waals surface area (Å²) in [6, 6.07) is 0.796. The summed E-state index contributed by atoms with van der Waals surface area (Å²) in [6.45, 7) is 1.53. The fraction of sp³-hybridized carbons (Fsp3) is 0.333. The minimum atomic E-state index is -2.96. The molecule has 0 amide bonds. The van der Waals surface area contributed by atoms with E-state index in [4.69, 9.17) is 5.73 Å². The van der Waals surface area contributed by atoms with Crippen molar-refractivity contribution in [2.24, 2.45) is 0 Å². The van der Waals surface area contributed by atoms with Crippen molar-refractivity contribution in [3.63, 3.8) is 0 Å². The number of aromatic nitrogens is 1. The Morgan fingerprint density at radius 3 is 2.75 bits per heavy atom. The van der Waals surface area contributed by atoms with Gasteiger partial charge in [-0.1, -0.05) is 0 Å². The fourth-order valence-electron chi connectivity index (χ4n) is 1.19. The van der Waals surface area contributed by atoms with Crippen molar-refractivity contribution in [1.29, 1.82) is 0 Å². The van der Waals surface area contributed by atoms with Crippen LogP contribution in [0.1, 0.15) is 29.4 Å². The second-order valence-electron chi connectivity index (χ2n) is 2.90. The Morgan fingerprint density at radius 2 is 2.25 bits per heavy atom. The number of esters is 1. The first-order valence-corrected chi connectivity index (χ1v) is 4.45. The maximum Gasteiger partial charge on any atom is 0.355 e. The number of aromatic amines is 1. The summed E-state index contributed by atoms with van der Waals surface area (Å²) in [5.74, 6) is -1.03. The summed E-state index contributed by atoms with van der Waals surface area (Å²) >= 11 is 0. The van der Waals surface area contributed by atoms with Crippen LogP contribution in [0.3, 0.4) is 0 Å². The average Bonchev–Trinajstić information content (AvgIpc) is 2.15. The number of hydrogen-bond acceptors (Lipinski definition) is 4. The third kappa shape index (κ3) is 2.36. The van der Waals surface area contributed by atoms with Gasteiger partial charge < -0.3 is 15.5 Å². The van der Waals surface area contributed by atoms with Crippen LogP contribution in [0.4, 0.5) is 14.5 Å². The lowest BCUT2D eigenvalue weighted by Crippen LogP contribution is -2.19. The zero-order chi connectivity index (χ0) is 12.3. The van der Waals surface area contributed by atoms with Crippen LogP contribution in [0.5, 0.6) is 0 Å². The van der Waals surface area contributed by atoms with Gasteiger partial charge in [-0.3, -0.25) is 4.79 Å². The lowest BCUT2D eigenvalue weighted by molar-refractivity contribution is 0.0507. The second kappa shape index (κ2) is 4.73. The molecule has 3 N–H and O–H groups in total. The summed E-state index contributed by atoms with van der Waals surface area (Å²) in [5, 5.41) is 0. The van der Waals surface area contributed by atoms with Crippen LogP contribution in [0.2, 0.25) is 0 Å². The molecule has 0 atom stereocenters. The molecule has 1 rings (SSSR count). The topological polar surface area (TPSA) is 85.2 Å². The van der Waals surface area contributed by atoms with Gasteiger partial charge in [-0.25, -0.2) is 13.6 Å². The second-order valence-corrected chi connectivity index (χ2v) is 2.90. The Labute approximate surface area is 89.2 Å². The number of nitrogens with one attached hydrogen (secondary N) is 1. The van der Waals surface area contributed by atoms with E-state index in [1.807, 2.05) is 4.98 Å². The van der Waals surface area contributed by atoms with E-state index in [2.05, 4.69) is 4.74 Å². The van der Waals surface area contributed by atoms with Gasteiger partial charge in [0.2, 0.25) is 0 Å². The first kappa shape index (κ1) is 12.2. The molecule has 1 aromatic rings. The smallest absolute Gasteiger partial charge is 0.355 e. The molecule has 0 aromatic carbocycles. The average molecular weight is 232 g/mol. The van der Waals surface area contributed by atoms with E-state index >= 15 is 0 Å². The van der Waals surface area contributed by atoms with Crippen LogP contribution in [-0.2, 0) is 4.74 Å². The number of nitrogens with two attached hydrogens (primary N) is 1. The number of ether oxygens (including phenoxy) is 1. The molecule has 0 radical (unpaired) electrons.